The summed E-state index contributed by atoms with van der Waals surface area (Å²) in [5, 5.41) is 3.35. The van der Waals surface area contributed by atoms with Gasteiger partial charge in [-0.2, -0.15) is 0 Å². The Labute approximate surface area is 122 Å². The maximum absolute atomic E-state index is 14.0. The van der Waals surface area contributed by atoms with Crippen LogP contribution in [-0.4, -0.2) is 12.6 Å². The third-order valence-corrected chi connectivity index (χ3v) is 3.76. The Morgan fingerprint density at radius 1 is 1.26 bits per heavy atom. The van der Waals surface area contributed by atoms with Crippen molar-refractivity contribution >= 4 is 15.9 Å². The zero-order chi connectivity index (χ0) is 14.4. The first kappa shape index (κ1) is 16.6. The molecule has 1 N–H and O–H groups in total. The van der Waals surface area contributed by atoms with Crippen LogP contribution in [0.2, 0.25) is 0 Å². The third-order valence-electron chi connectivity index (χ3n) is 3.14. The summed E-state index contributed by atoms with van der Waals surface area (Å²) in [6, 6.07) is 3.12. The van der Waals surface area contributed by atoms with Gasteiger partial charge in [-0.3, -0.25) is 0 Å². The maximum Gasteiger partial charge on any atom is 0.143 e. The quantitative estimate of drug-likeness (QED) is 0.714. The molecule has 1 aromatic carbocycles. The van der Waals surface area contributed by atoms with E-state index in [1.54, 1.807) is 0 Å². The summed E-state index contributed by atoms with van der Waals surface area (Å²) in [4.78, 5) is 0. The highest BCUT2D eigenvalue weighted by atomic mass is 79.9. The van der Waals surface area contributed by atoms with E-state index in [1.807, 2.05) is 0 Å². The molecule has 1 unspecified atom stereocenters. The van der Waals surface area contributed by atoms with Crippen molar-refractivity contribution in [3.63, 3.8) is 0 Å². The van der Waals surface area contributed by atoms with E-state index in [1.165, 1.54) is 12.1 Å². The number of halogens is 3. The van der Waals surface area contributed by atoms with E-state index in [0.717, 1.165) is 19.4 Å². The molecule has 1 atom stereocenters. The van der Waals surface area contributed by atoms with Crippen molar-refractivity contribution in [3.8, 4) is 0 Å². The Morgan fingerprint density at radius 2 is 1.95 bits per heavy atom. The molecule has 1 nitrogen and oxygen atoms in total. The summed E-state index contributed by atoms with van der Waals surface area (Å²) < 4.78 is 28.0. The van der Waals surface area contributed by atoms with E-state index < -0.39 is 11.6 Å². The minimum atomic E-state index is -0.467. The monoisotopic (exact) mass is 333 g/mol. The van der Waals surface area contributed by atoms with Gasteiger partial charge in [0.05, 0.1) is 4.47 Å². The van der Waals surface area contributed by atoms with E-state index in [4.69, 9.17) is 0 Å². The molecule has 0 spiro atoms. The van der Waals surface area contributed by atoms with Gasteiger partial charge < -0.3 is 5.32 Å². The van der Waals surface area contributed by atoms with Crippen LogP contribution in [0.25, 0.3) is 0 Å². The summed E-state index contributed by atoms with van der Waals surface area (Å²) in [5.74, 6) is -0.664. The lowest BCUT2D eigenvalue weighted by atomic mass is 9.94. The highest BCUT2D eigenvalue weighted by Gasteiger charge is 2.17. The highest BCUT2D eigenvalue weighted by Crippen LogP contribution is 2.25. The summed E-state index contributed by atoms with van der Waals surface area (Å²) >= 11 is 3.11. The first-order valence-corrected chi connectivity index (χ1v) is 7.60. The fraction of sp³-hybridized carbons (Fsp3) is 0.600. The Morgan fingerprint density at radius 3 is 2.53 bits per heavy atom. The zero-order valence-corrected chi connectivity index (χ0v) is 13.4. The Hall–Kier alpha value is -0.480. The fourth-order valence-corrected chi connectivity index (χ4v) is 2.50. The number of hydrogen-bond donors (Lipinski definition) is 1. The molecule has 0 fully saturated rings. The van der Waals surface area contributed by atoms with Crippen LogP contribution in [0.4, 0.5) is 8.78 Å². The average molecular weight is 334 g/mol. The van der Waals surface area contributed by atoms with Gasteiger partial charge in [0.1, 0.15) is 11.6 Å². The van der Waals surface area contributed by atoms with Crippen LogP contribution >= 0.6 is 15.9 Å². The molecule has 0 saturated carbocycles. The SMILES string of the molecule is CCCC(CNC(C)C)Cc1c(F)ccc(Br)c1F. The average Bonchev–Trinajstić information content (AvgIpc) is 2.36. The van der Waals surface area contributed by atoms with Crippen molar-refractivity contribution in [3.05, 3.63) is 33.8 Å². The molecule has 0 aliphatic rings. The molecule has 4 heteroatoms. The minimum absolute atomic E-state index is 0.193. The lowest BCUT2D eigenvalue weighted by Crippen LogP contribution is -2.30. The van der Waals surface area contributed by atoms with Gasteiger partial charge in [-0.1, -0.05) is 27.2 Å². The molecular formula is C15H22BrF2N. The lowest BCUT2D eigenvalue weighted by molar-refractivity contribution is 0.404. The van der Waals surface area contributed by atoms with Crippen LogP contribution in [0.1, 0.15) is 39.2 Å². The van der Waals surface area contributed by atoms with Crippen molar-refractivity contribution in [1.29, 1.82) is 0 Å². The Balaban J connectivity index is 2.81. The normalized spacial score (nSPS) is 13.0. The van der Waals surface area contributed by atoms with E-state index in [0.29, 0.717) is 16.9 Å². The second-order valence-electron chi connectivity index (χ2n) is 5.24. The van der Waals surface area contributed by atoms with Gasteiger partial charge >= 0.3 is 0 Å². The number of rotatable bonds is 7. The van der Waals surface area contributed by atoms with Crippen LogP contribution < -0.4 is 5.32 Å². The molecule has 0 amide bonds. The van der Waals surface area contributed by atoms with Crippen molar-refractivity contribution < 1.29 is 8.78 Å². The van der Waals surface area contributed by atoms with Crippen LogP contribution in [0.15, 0.2) is 16.6 Å². The fourth-order valence-electron chi connectivity index (χ4n) is 2.13. The molecule has 0 aliphatic heterocycles. The van der Waals surface area contributed by atoms with Gasteiger partial charge in [-0.15, -0.1) is 0 Å². The molecular weight excluding hydrogens is 312 g/mol. The summed E-state index contributed by atoms with van der Waals surface area (Å²) in [7, 11) is 0. The topological polar surface area (TPSA) is 12.0 Å². The number of nitrogens with one attached hydrogen (secondary N) is 1. The molecule has 0 aromatic heterocycles. The second-order valence-corrected chi connectivity index (χ2v) is 6.10. The van der Waals surface area contributed by atoms with Gasteiger partial charge in [0.2, 0.25) is 0 Å². The van der Waals surface area contributed by atoms with E-state index >= 15 is 0 Å². The first-order valence-electron chi connectivity index (χ1n) is 6.81. The summed E-state index contributed by atoms with van der Waals surface area (Å²) in [6.07, 6.45) is 2.41. The molecule has 1 rings (SSSR count). The molecule has 108 valence electrons. The second kappa shape index (κ2) is 7.95. The van der Waals surface area contributed by atoms with Gasteiger partial charge in [0, 0.05) is 11.6 Å². The molecule has 1 aromatic rings. The third kappa shape index (κ3) is 5.19. The lowest BCUT2D eigenvalue weighted by Gasteiger charge is -2.19. The largest absolute Gasteiger partial charge is 0.314 e. The van der Waals surface area contributed by atoms with Gasteiger partial charge in [-0.25, -0.2) is 8.78 Å². The summed E-state index contributed by atoms with van der Waals surface area (Å²) in [5.41, 5.74) is 0.193. The summed E-state index contributed by atoms with van der Waals surface area (Å²) in [6.45, 7) is 7.03. The van der Waals surface area contributed by atoms with Crippen LogP contribution in [0.5, 0.6) is 0 Å². The molecule has 0 radical (unpaired) electrons. The predicted octanol–water partition coefficient (Wildman–Crippen LogP) is 4.68. The van der Waals surface area contributed by atoms with Crippen molar-refractivity contribution in [2.45, 2.75) is 46.1 Å². The van der Waals surface area contributed by atoms with Gasteiger partial charge in [0.25, 0.3) is 0 Å². The molecule has 0 bridgehead atoms. The maximum atomic E-state index is 14.0. The smallest absolute Gasteiger partial charge is 0.143 e. The van der Waals surface area contributed by atoms with Crippen LogP contribution in [0.3, 0.4) is 0 Å². The zero-order valence-electron chi connectivity index (χ0n) is 11.8. The number of hydrogen-bond acceptors (Lipinski definition) is 1. The Kier molecular flexibility index (Phi) is 6.94. The number of benzene rings is 1. The van der Waals surface area contributed by atoms with Crippen LogP contribution in [-0.2, 0) is 6.42 Å². The standard InChI is InChI=1S/C15H22BrF2N/c1-4-5-11(9-19-10(2)3)8-12-14(17)7-6-13(16)15(12)18/h6-7,10-11,19H,4-5,8-9H2,1-3H3. The first-order chi connectivity index (χ1) is 8.95. The molecule has 0 saturated heterocycles. The van der Waals surface area contributed by atoms with E-state index in [-0.39, 0.29) is 11.5 Å². The minimum Gasteiger partial charge on any atom is -0.314 e. The molecule has 0 heterocycles. The van der Waals surface area contributed by atoms with E-state index in [2.05, 4.69) is 42.0 Å². The van der Waals surface area contributed by atoms with Crippen molar-refractivity contribution in [1.82, 2.24) is 5.32 Å². The highest BCUT2D eigenvalue weighted by molar-refractivity contribution is 9.10. The Bertz CT molecular complexity index is 407. The van der Waals surface area contributed by atoms with Gasteiger partial charge in [0.15, 0.2) is 0 Å². The van der Waals surface area contributed by atoms with Gasteiger partial charge in [-0.05, 0) is 53.4 Å². The van der Waals surface area contributed by atoms with Crippen molar-refractivity contribution in [2.24, 2.45) is 5.92 Å². The molecule has 0 aliphatic carbocycles. The predicted molar refractivity (Wildman–Crippen MR) is 79.3 cm³/mol. The van der Waals surface area contributed by atoms with Crippen molar-refractivity contribution in [2.75, 3.05) is 6.54 Å². The molecule has 19 heavy (non-hydrogen) atoms. The van der Waals surface area contributed by atoms with E-state index in [9.17, 15) is 8.78 Å². The van der Waals surface area contributed by atoms with Crippen LogP contribution in [0, 0.1) is 17.6 Å².